The van der Waals surface area contributed by atoms with Crippen molar-refractivity contribution in [2.24, 2.45) is 0 Å². The van der Waals surface area contributed by atoms with Crippen molar-refractivity contribution in [1.29, 1.82) is 0 Å². The van der Waals surface area contributed by atoms with Gasteiger partial charge in [0, 0.05) is 11.9 Å². The standard InChI is InChI=1S/C15H16N4/c1-16-10-13-6-4-7-14(18-13)11-19-15-8-3-2-5-12(15)9-17-19/h2-9,16H,10-11H2,1H3. The fourth-order valence-corrected chi connectivity index (χ4v) is 2.20. The molecule has 0 aliphatic rings. The molecule has 2 aromatic heterocycles. The predicted molar refractivity (Wildman–Crippen MR) is 75.8 cm³/mol. The molecule has 0 spiro atoms. The van der Waals surface area contributed by atoms with Crippen LogP contribution in [0.2, 0.25) is 0 Å². The molecule has 4 nitrogen and oxygen atoms in total. The zero-order chi connectivity index (χ0) is 13.1. The van der Waals surface area contributed by atoms with E-state index in [1.807, 2.05) is 48.3 Å². The minimum Gasteiger partial charge on any atom is -0.314 e. The summed E-state index contributed by atoms with van der Waals surface area (Å²) in [6.45, 7) is 1.48. The van der Waals surface area contributed by atoms with Gasteiger partial charge < -0.3 is 5.32 Å². The summed E-state index contributed by atoms with van der Waals surface area (Å²) in [6, 6.07) is 14.3. The van der Waals surface area contributed by atoms with Crippen molar-refractivity contribution < 1.29 is 0 Å². The van der Waals surface area contributed by atoms with Gasteiger partial charge in [-0.1, -0.05) is 24.3 Å². The van der Waals surface area contributed by atoms with Crippen LogP contribution in [0.1, 0.15) is 11.4 Å². The van der Waals surface area contributed by atoms with Gasteiger partial charge in [-0.05, 0) is 25.2 Å². The first kappa shape index (κ1) is 11.9. The molecule has 1 aromatic carbocycles. The van der Waals surface area contributed by atoms with Gasteiger partial charge in [-0.25, -0.2) is 0 Å². The molecule has 0 saturated heterocycles. The summed E-state index contributed by atoms with van der Waals surface area (Å²) in [4.78, 5) is 4.62. The summed E-state index contributed by atoms with van der Waals surface area (Å²) in [5.74, 6) is 0. The van der Waals surface area contributed by atoms with E-state index in [-0.39, 0.29) is 0 Å². The molecule has 0 bridgehead atoms. The number of benzene rings is 1. The molecule has 0 unspecified atom stereocenters. The molecule has 0 aliphatic carbocycles. The van der Waals surface area contributed by atoms with E-state index >= 15 is 0 Å². The predicted octanol–water partition coefficient (Wildman–Crippen LogP) is 2.20. The van der Waals surface area contributed by atoms with Crippen molar-refractivity contribution in [3.63, 3.8) is 0 Å². The SMILES string of the molecule is CNCc1cccc(Cn2ncc3ccccc32)n1. The maximum absolute atomic E-state index is 4.62. The Balaban J connectivity index is 1.90. The van der Waals surface area contributed by atoms with E-state index in [1.165, 1.54) is 0 Å². The quantitative estimate of drug-likeness (QED) is 0.774. The molecule has 2 heterocycles. The number of para-hydroxylation sites is 1. The Morgan fingerprint density at radius 2 is 1.89 bits per heavy atom. The van der Waals surface area contributed by atoms with Crippen molar-refractivity contribution in [3.8, 4) is 0 Å². The summed E-state index contributed by atoms with van der Waals surface area (Å²) in [6.07, 6.45) is 1.90. The Morgan fingerprint density at radius 3 is 2.79 bits per heavy atom. The number of nitrogens with zero attached hydrogens (tertiary/aromatic N) is 3. The van der Waals surface area contributed by atoms with Crippen molar-refractivity contribution in [1.82, 2.24) is 20.1 Å². The topological polar surface area (TPSA) is 42.7 Å². The normalized spacial score (nSPS) is 11.0. The second kappa shape index (κ2) is 5.20. The summed E-state index contributed by atoms with van der Waals surface area (Å²) in [7, 11) is 1.93. The first-order valence-electron chi connectivity index (χ1n) is 6.37. The van der Waals surface area contributed by atoms with Gasteiger partial charge >= 0.3 is 0 Å². The van der Waals surface area contributed by atoms with Crippen LogP contribution in [0.5, 0.6) is 0 Å². The molecular weight excluding hydrogens is 236 g/mol. The average Bonchev–Trinajstić information content (AvgIpc) is 2.83. The number of hydrogen-bond acceptors (Lipinski definition) is 3. The van der Waals surface area contributed by atoms with E-state index in [9.17, 15) is 0 Å². The maximum Gasteiger partial charge on any atom is 0.0838 e. The molecule has 0 fully saturated rings. The van der Waals surface area contributed by atoms with Crippen LogP contribution >= 0.6 is 0 Å². The lowest BCUT2D eigenvalue weighted by Gasteiger charge is -2.05. The number of pyridine rings is 1. The third-order valence-electron chi connectivity index (χ3n) is 3.09. The first-order chi connectivity index (χ1) is 9.36. The number of aromatic nitrogens is 3. The van der Waals surface area contributed by atoms with E-state index < -0.39 is 0 Å². The van der Waals surface area contributed by atoms with Crippen LogP contribution in [0.15, 0.2) is 48.7 Å². The Morgan fingerprint density at radius 1 is 1.05 bits per heavy atom. The molecule has 3 rings (SSSR count). The fourth-order valence-electron chi connectivity index (χ4n) is 2.20. The minimum atomic E-state index is 0.699. The van der Waals surface area contributed by atoms with Crippen molar-refractivity contribution in [3.05, 3.63) is 60.0 Å². The molecule has 4 heteroatoms. The largest absolute Gasteiger partial charge is 0.314 e. The van der Waals surface area contributed by atoms with Gasteiger partial charge in [0.25, 0.3) is 0 Å². The van der Waals surface area contributed by atoms with Crippen LogP contribution in [-0.4, -0.2) is 21.8 Å². The second-order valence-corrected chi connectivity index (χ2v) is 4.51. The van der Waals surface area contributed by atoms with Gasteiger partial charge in [-0.3, -0.25) is 9.67 Å². The highest BCUT2D eigenvalue weighted by molar-refractivity contribution is 5.78. The van der Waals surface area contributed by atoms with Crippen LogP contribution in [0.3, 0.4) is 0 Å². The lowest BCUT2D eigenvalue weighted by atomic mass is 10.2. The Labute approximate surface area is 112 Å². The van der Waals surface area contributed by atoms with E-state index in [0.29, 0.717) is 6.54 Å². The molecule has 3 aromatic rings. The zero-order valence-corrected chi connectivity index (χ0v) is 10.9. The number of nitrogens with one attached hydrogen (secondary N) is 1. The Kier molecular flexibility index (Phi) is 3.25. The Bertz CT molecular complexity index is 687. The Hall–Kier alpha value is -2.20. The summed E-state index contributed by atoms with van der Waals surface area (Å²) in [5, 5.41) is 8.70. The number of hydrogen-bond donors (Lipinski definition) is 1. The zero-order valence-electron chi connectivity index (χ0n) is 10.9. The molecule has 0 aliphatic heterocycles. The van der Waals surface area contributed by atoms with Gasteiger partial charge in [0.1, 0.15) is 0 Å². The molecule has 1 N–H and O–H groups in total. The molecule has 0 saturated carbocycles. The highest BCUT2D eigenvalue weighted by atomic mass is 15.3. The van der Waals surface area contributed by atoms with Gasteiger partial charge in [0.15, 0.2) is 0 Å². The van der Waals surface area contributed by atoms with Crippen molar-refractivity contribution >= 4 is 10.9 Å². The van der Waals surface area contributed by atoms with Gasteiger partial charge in [-0.15, -0.1) is 0 Å². The van der Waals surface area contributed by atoms with E-state index in [0.717, 1.165) is 28.8 Å². The fraction of sp³-hybridized carbons (Fsp3) is 0.200. The molecule has 0 amide bonds. The highest BCUT2D eigenvalue weighted by Gasteiger charge is 2.04. The average molecular weight is 252 g/mol. The molecule has 0 atom stereocenters. The second-order valence-electron chi connectivity index (χ2n) is 4.51. The highest BCUT2D eigenvalue weighted by Crippen LogP contribution is 2.13. The van der Waals surface area contributed by atoms with Gasteiger partial charge in [0.05, 0.1) is 29.6 Å². The van der Waals surface area contributed by atoms with Crippen LogP contribution < -0.4 is 5.32 Å². The van der Waals surface area contributed by atoms with E-state index in [1.54, 1.807) is 0 Å². The van der Waals surface area contributed by atoms with Gasteiger partial charge in [-0.2, -0.15) is 5.10 Å². The third-order valence-corrected chi connectivity index (χ3v) is 3.09. The van der Waals surface area contributed by atoms with Crippen LogP contribution in [0.25, 0.3) is 10.9 Å². The first-order valence-corrected chi connectivity index (χ1v) is 6.37. The lowest BCUT2D eigenvalue weighted by Crippen LogP contribution is -2.09. The smallest absolute Gasteiger partial charge is 0.0838 e. The van der Waals surface area contributed by atoms with E-state index in [4.69, 9.17) is 0 Å². The van der Waals surface area contributed by atoms with Gasteiger partial charge in [0.2, 0.25) is 0 Å². The molecule has 19 heavy (non-hydrogen) atoms. The van der Waals surface area contributed by atoms with E-state index in [2.05, 4.69) is 27.5 Å². The van der Waals surface area contributed by atoms with Crippen molar-refractivity contribution in [2.75, 3.05) is 7.05 Å². The summed E-state index contributed by atoms with van der Waals surface area (Å²) < 4.78 is 1.99. The minimum absolute atomic E-state index is 0.699. The monoisotopic (exact) mass is 252 g/mol. The number of fused-ring (bicyclic) bond motifs is 1. The number of rotatable bonds is 4. The van der Waals surface area contributed by atoms with Crippen LogP contribution in [0, 0.1) is 0 Å². The third kappa shape index (κ3) is 2.48. The summed E-state index contributed by atoms with van der Waals surface area (Å²) >= 11 is 0. The molecule has 0 radical (unpaired) electrons. The maximum atomic E-state index is 4.62. The lowest BCUT2D eigenvalue weighted by molar-refractivity contribution is 0.687. The summed E-state index contributed by atoms with van der Waals surface area (Å²) in [5.41, 5.74) is 3.22. The van der Waals surface area contributed by atoms with Crippen LogP contribution in [-0.2, 0) is 13.1 Å². The van der Waals surface area contributed by atoms with Crippen molar-refractivity contribution in [2.45, 2.75) is 13.1 Å². The van der Waals surface area contributed by atoms with Crippen LogP contribution in [0.4, 0.5) is 0 Å². The molecule has 96 valence electrons. The molecular formula is C15H16N4.